The lowest BCUT2D eigenvalue weighted by Gasteiger charge is -2.42. The van der Waals surface area contributed by atoms with Gasteiger partial charge >= 0.3 is 0 Å². The molecule has 3 nitrogen and oxygen atoms in total. The molecule has 0 spiro atoms. The van der Waals surface area contributed by atoms with Crippen molar-refractivity contribution in [2.24, 2.45) is 0 Å². The van der Waals surface area contributed by atoms with Crippen LogP contribution in [0.15, 0.2) is 78.4 Å². The van der Waals surface area contributed by atoms with E-state index in [2.05, 4.69) is 80.3 Å². The van der Waals surface area contributed by atoms with E-state index in [1.54, 1.807) is 6.08 Å². The number of hydrogen-bond donors (Lipinski definition) is 0. The predicted molar refractivity (Wildman–Crippen MR) is 155 cm³/mol. The summed E-state index contributed by atoms with van der Waals surface area (Å²) in [7, 11) is 0. The SMILES string of the molecule is CCc1cc(N2c3ccccc3C(C)(C)c3ccccc32)c(CC)cc1C=C1C(=O)c2cc(F)c(F)cc2C1=O. The third kappa shape index (κ3) is 3.75. The van der Waals surface area contributed by atoms with Crippen LogP contribution < -0.4 is 4.90 Å². The average Bonchev–Trinajstić information content (AvgIpc) is 3.17. The highest BCUT2D eigenvalue weighted by molar-refractivity contribution is 6.41. The first kappa shape index (κ1) is 25.9. The number of carbonyl (C=O) groups excluding carboxylic acids is 2. The summed E-state index contributed by atoms with van der Waals surface area (Å²) < 4.78 is 27.7. The summed E-state index contributed by atoms with van der Waals surface area (Å²) in [4.78, 5) is 28.5. The van der Waals surface area contributed by atoms with E-state index in [1.807, 2.05) is 13.0 Å². The maximum absolute atomic E-state index is 13.9. The monoisotopic (exact) mass is 533 g/mol. The molecule has 4 aromatic rings. The Morgan fingerprint density at radius 1 is 0.700 bits per heavy atom. The van der Waals surface area contributed by atoms with Gasteiger partial charge in [0.2, 0.25) is 0 Å². The van der Waals surface area contributed by atoms with Crippen molar-refractivity contribution in [1.82, 2.24) is 0 Å². The van der Waals surface area contributed by atoms with E-state index >= 15 is 0 Å². The average molecular weight is 534 g/mol. The van der Waals surface area contributed by atoms with Crippen molar-refractivity contribution < 1.29 is 18.4 Å². The van der Waals surface area contributed by atoms with Crippen LogP contribution in [0.5, 0.6) is 0 Å². The van der Waals surface area contributed by atoms with Gasteiger partial charge in [0.1, 0.15) is 0 Å². The first-order chi connectivity index (χ1) is 19.2. The molecule has 0 saturated heterocycles. The molecule has 5 heteroatoms. The standard InChI is InChI=1S/C35H29F2NO2/c1-5-20-17-32(38-30-13-9-7-11-26(30)35(3,4)27-12-8-10-14-31(27)38)21(6-2)15-22(20)16-25-33(39)23-18-28(36)29(37)19-24(23)34(25)40/h7-19H,5-6H2,1-4H3. The Kier molecular flexibility index (Phi) is 6.06. The van der Waals surface area contributed by atoms with Gasteiger partial charge < -0.3 is 4.90 Å². The van der Waals surface area contributed by atoms with E-state index in [-0.39, 0.29) is 22.1 Å². The Balaban J connectivity index is 1.53. The lowest BCUT2D eigenvalue weighted by molar-refractivity contribution is 0.0990. The number of fused-ring (bicyclic) bond motifs is 3. The van der Waals surface area contributed by atoms with E-state index in [0.29, 0.717) is 6.42 Å². The van der Waals surface area contributed by atoms with Crippen LogP contribution >= 0.6 is 0 Å². The quantitative estimate of drug-likeness (QED) is 0.195. The number of allylic oxidation sites excluding steroid dienone is 1. The van der Waals surface area contributed by atoms with Crippen LogP contribution in [0.1, 0.15) is 76.2 Å². The normalized spacial score (nSPS) is 15.2. The molecule has 0 unspecified atom stereocenters. The predicted octanol–water partition coefficient (Wildman–Crippen LogP) is 8.66. The van der Waals surface area contributed by atoms with Crippen LogP contribution in [-0.4, -0.2) is 11.6 Å². The van der Waals surface area contributed by atoms with Crippen molar-refractivity contribution in [2.45, 2.75) is 46.0 Å². The highest BCUT2D eigenvalue weighted by atomic mass is 19.2. The Morgan fingerprint density at radius 2 is 1.20 bits per heavy atom. The molecule has 1 aliphatic carbocycles. The number of rotatable bonds is 4. The zero-order valence-corrected chi connectivity index (χ0v) is 22.9. The molecular weight excluding hydrogens is 504 g/mol. The Bertz CT molecular complexity index is 1670. The molecule has 4 aromatic carbocycles. The zero-order valence-electron chi connectivity index (χ0n) is 22.9. The number of para-hydroxylation sites is 2. The minimum Gasteiger partial charge on any atom is -0.310 e. The fraction of sp³-hybridized carbons (Fsp3) is 0.200. The Morgan fingerprint density at radius 3 is 1.70 bits per heavy atom. The maximum atomic E-state index is 13.9. The largest absolute Gasteiger partial charge is 0.310 e. The van der Waals surface area contributed by atoms with Crippen molar-refractivity contribution in [3.63, 3.8) is 0 Å². The van der Waals surface area contributed by atoms with E-state index < -0.39 is 23.2 Å². The number of Topliss-reactive ketones (excluding diaryl/α,β-unsaturated/α-hetero) is 2. The summed E-state index contributed by atoms with van der Waals surface area (Å²) in [5.41, 5.74) is 8.11. The van der Waals surface area contributed by atoms with Crippen LogP contribution in [0.25, 0.3) is 6.08 Å². The van der Waals surface area contributed by atoms with Crippen molar-refractivity contribution in [1.29, 1.82) is 0 Å². The number of aryl methyl sites for hydroxylation is 2. The minimum absolute atomic E-state index is 0.0695. The number of anilines is 3. The van der Waals surface area contributed by atoms with Gasteiger partial charge in [-0.1, -0.05) is 64.1 Å². The molecule has 0 bridgehead atoms. The molecule has 0 N–H and O–H groups in total. The molecule has 0 saturated carbocycles. The molecular formula is C35H29F2NO2. The van der Waals surface area contributed by atoms with E-state index in [9.17, 15) is 18.4 Å². The first-order valence-corrected chi connectivity index (χ1v) is 13.6. The topological polar surface area (TPSA) is 37.4 Å². The molecule has 0 radical (unpaired) electrons. The van der Waals surface area contributed by atoms with Gasteiger partial charge in [0, 0.05) is 22.2 Å². The molecule has 1 aliphatic heterocycles. The first-order valence-electron chi connectivity index (χ1n) is 13.6. The third-order valence-corrected chi connectivity index (χ3v) is 8.32. The molecule has 0 amide bonds. The van der Waals surface area contributed by atoms with Gasteiger partial charge in [0.15, 0.2) is 23.2 Å². The number of carbonyl (C=O) groups is 2. The summed E-state index contributed by atoms with van der Waals surface area (Å²) in [6.07, 6.45) is 2.97. The van der Waals surface area contributed by atoms with E-state index in [0.717, 1.165) is 52.3 Å². The second-order valence-corrected chi connectivity index (χ2v) is 10.9. The van der Waals surface area contributed by atoms with Gasteiger partial charge in [-0.05, 0) is 83.1 Å². The molecule has 200 valence electrons. The van der Waals surface area contributed by atoms with Gasteiger partial charge in [0.05, 0.1) is 16.9 Å². The summed E-state index contributed by atoms with van der Waals surface area (Å²) in [6.45, 7) is 8.62. The van der Waals surface area contributed by atoms with Gasteiger partial charge in [-0.15, -0.1) is 0 Å². The number of nitrogens with zero attached hydrogens (tertiary/aromatic N) is 1. The highest BCUT2D eigenvalue weighted by Crippen LogP contribution is 2.52. The second kappa shape index (κ2) is 9.37. The number of ketones is 2. The molecule has 0 fully saturated rings. The Labute approximate surface area is 232 Å². The third-order valence-electron chi connectivity index (χ3n) is 8.32. The fourth-order valence-corrected chi connectivity index (χ4v) is 6.16. The molecule has 2 aliphatic rings. The number of benzene rings is 4. The van der Waals surface area contributed by atoms with E-state index in [4.69, 9.17) is 0 Å². The number of hydrogen-bond acceptors (Lipinski definition) is 3. The fourth-order valence-electron chi connectivity index (χ4n) is 6.16. The molecule has 0 aromatic heterocycles. The smallest absolute Gasteiger partial charge is 0.197 e. The van der Waals surface area contributed by atoms with Gasteiger partial charge in [-0.25, -0.2) is 8.78 Å². The van der Waals surface area contributed by atoms with Crippen LogP contribution in [-0.2, 0) is 18.3 Å². The summed E-state index contributed by atoms with van der Waals surface area (Å²) >= 11 is 0. The summed E-state index contributed by atoms with van der Waals surface area (Å²) in [5.74, 6) is -3.44. The van der Waals surface area contributed by atoms with Crippen molar-refractivity contribution >= 4 is 34.7 Å². The molecule has 6 rings (SSSR count). The Hall–Kier alpha value is -4.38. The van der Waals surface area contributed by atoms with Crippen LogP contribution in [0.2, 0.25) is 0 Å². The van der Waals surface area contributed by atoms with Crippen LogP contribution in [0, 0.1) is 11.6 Å². The second-order valence-electron chi connectivity index (χ2n) is 10.9. The van der Waals surface area contributed by atoms with Crippen molar-refractivity contribution in [3.05, 3.63) is 129 Å². The zero-order chi connectivity index (χ0) is 28.3. The van der Waals surface area contributed by atoms with Crippen molar-refractivity contribution in [3.8, 4) is 0 Å². The van der Waals surface area contributed by atoms with Gasteiger partial charge in [-0.3, -0.25) is 9.59 Å². The van der Waals surface area contributed by atoms with Crippen molar-refractivity contribution in [2.75, 3.05) is 4.90 Å². The molecule has 1 heterocycles. The molecule has 0 atom stereocenters. The lowest BCUT2D eigenvalue weighted by atomic mass is 9.73. The molecule has 40 heavy (non-hydrogen) atoms. The number of halogens is 2. The van der Waals surface area contributed by atoms with Gasteiger partial charge in [-0.2, -0.15) is 0 Å². The maximum Gasteiger partial charge on any atom is 0.197 e. The summed E-state index contributed by atoms with van der Waals surface area (Å²) in [5, 5.41) is 0. The highest BCUT2D eigenvalue weighted by Gasteiger charge is 2.38. The minimum atomic E-state index is -1.14. The van der Waals surface area contributed by atoms with Crippen LogP contribution in [0.4, 0.5) is 25.8 Å². The van der Waals surface area contributed by atoms with E-state index in [1.165, 1.54) is 11.1 Å². The van der Waals surface area contributed by atoms with Gasteiger partial charge in [0.25, 0.3) is 0 Å². The summed E-state index contributed by atoms with van der Waals surface area (Å²) in [6, 6.07) is 22.8. The van der Waals surface area contributed by atoms with Crippen LogP contribution in [0.3, 0.4) is 0 Å². The lowest BCUT2D eigenvalue weighted by Crippen LogP contribution is -2.31.